The summed E-state index contributed by atoms with van der Waals surface area (Å²) in [6.07, 6.45) is 11.6. The number of allylic oxidation sites excluding steroid dienone is 1. The van der Waals surface area contributed by atoms with Crippen LogP contribution in [-0.2, 0) is 0 Å². The number of hydrogen-bond donors (Lipinski definition) is 0. The highest BCUT2D eigenvalue weighted by Crippen LogP contribution is 2.18. The lowest BCUT2D eigenvalue weighted by Gasteiger charge is -2.33. The van der Waals surface area contributed by atoms with Crippen LogP contribution in [0.25, 0.3) is 0 Å². The molecule has 1 rings (SSSR count). The Kier molecular flexibility index (Phi) is 6.79. The summed E-state index contributed by atoms with van der Waals surface area (Å²) in [4.78, 5) is 2.68. The zero-order valence-electron chi connectivity index (χ0n) is 11.3. The van der Waals surface area contributed by atoms with E-state index in [9.17, 15) is 0 Å². The van der Waals surface area contributed by atoms with E-state index in [1.165, 1.54) is 58.0 Å². The van der Waals surface area contributed by atoms with Crippen molar-refractivity contribution in [3.05, 3.63) is 12.7 Å². The monoisotopic (exact) mass is 223 g/mol. The first-order chi connectivity index (χ1) is 7.74. The van der Waals surface area contributed by atoms with E-state index >= 15 is 0 Å². The normalized spacial score (nSPS) is 24.2. The summed E-state index contributed by atoms with van der Waals surface area (Å²) in [6.45, 7) is 11.2. The Morgan fingerprint density at radius 2 is 2.19 bits per heavy atom. The number of rotatable bonds is 7. The molecule has 0 radical (unpaired) electrons. The first kappa shape index (κ1) is 13.8. The number of likely N-dealkylation sites (tertiary alicyclic amines) is 1. The Balaban J connectivity index is 2.03. The fourth-order valence-electron chi connectivity index (χ4n) is 2.70. The zero-order valence-corrected chi connectivity index (χ0v) is 11.3. The van der Waals surface area contributed by atoms with Gasteiger partial charge in [-0.2, -0.15) is 0 Å². The fourth-order valence-corrected chi connectivity index (χ4v) is 2.70. The molecule has 0 aromatic carbocycles. The molecule has 0 bridgehead atoms. The van der Waals surface area contributed by atoms with Crippen LogP contribution in [0.2, 0.25) is 0 Å². The van der Waals surface area contributed by atoms with Crippen molar-refractivity contribution in [3.63, 3.8) is 0 Å². The van der Waals surface area contributed by atoms with Gasteiger partial charge in [0.05, 0.1) is 0 Å². The quantitative estimate of drug-likeness (QED) is 0.461. The Hall–Kier alpha value is -0.300. The van der Waals surface area contributed by atoms with Crippen LogP contribution < -0.4 is 0 Å². The molecule has 0 saturated carbocycles. The highest BCUT2D eigenvalue weighted by molar-refractivity contribution is 4.73. The van der Waals surface area contributed by atoms with E-state index in [4.69, 9.17) is 0 Å². The number of hydrogen-bond acceptors (Lipinski definition) is 1. The lowest BCUT2D eigenvalue weighted by atomic mass is 9.99. The minimum Gasteiger partial charge on any atom is -0.301 e. The van der Waals surface area contributed by atoms with Gasteiger partial charge in [-0.3, -0.25) is 0 Å². The van der Waals surface area contributed by atoms with Crippen LogP contribution in [0.4, 0.5) is 0 Å². The third-order valence-corrected chi connectivity index (χ3v) is 3.90. The van der Waals surface area contributed by atoms with Crippen molar-refractivity contribution >= 4 is 0 Å². The molecular formula is C15H29N. The topological polar surface area (TPSA) is 3.24 Å². The van der Waals surface area contributed by atoms with Crippen molar-refractivity contribution < 1.29 is 0 Å². The standard InChI is InChI=1S/C15H29N/c1-4-9-14(2)10-5-7-12-16-13-8-6-11-15(16)3/h4,14-15H,1,5-13H2,2-3H3. The van der Waals surface area contributed by atoms with Gasteiger partial charge in [0, 0.05) is 6.04 Å². The average molecular weight is 223 g/mol. The summed E-state index contributed by atoms with van der Waals surface area (Å²) in [5.41, 5.74) is 0. The van der Waals surface area contributed by atoms with E-state index in [2.05, 4.69) is 31.4 Å². The smallest absolute Gasteiger partial charge is 0.00669 e. The van der Waals surface area contributed by atoms with E-state index in [1.54, 1.807) is 0 Å². The molecule has 1 aliphatic heterocycles. The van der Waals surface area contributed by atoms with E-state index in [0.29, 0.717) is 0 Å². The van der Waals surface area contributed by atoms with Crippen LogP contribution in [-0.4, -0.2) is 24.0 Å². The highest BCUT2D eigenvalue weighted by atomic mass is 15.1. The summed E-state index contributed by atoms with van der Waals surface area (Å²) < 4.78 is 0. The summed E-state index contributed by atoms with van der Waals surface area (Å²) >= 11 is 0. The number of unbranched alkanes of at least 4 members (excludes halogenated alkanes) is 1. The lowest BCUT2D eigenvalue weighted by molar-refractivity contribution is 0.157. The van der Waals surface area contributed by atoms with E-state index in [1.807, 2.05) is 0 Å². The maximum atomic E-state index is 3.80. The van der Waals surface area contributed by atoms with Crippen LogP contribution in [0.1, 0.15) is 58.8 Å². The third kappa shape index (κ3) is 5.16. The molecule has 0 aliphatic carbocycles. The molecule has 94 valence electrons. The average Bonchev–Trinajstić information content (AvgIpc) is 2.27. The molecule has 2 unspecified atom stereocenters. The Morgan fingerprint density at radius 3 is 2.88 bits per heavy atom. The van der Waals surface area contributed by atoms with Gasteiger partial charge in [0.2, 0.25) is 0 Å². The van der Waals surface area contributed by atoms with Crippen LogP contribution >= 0.6 is 0 Å². The Labute approximate surface area is 102 Å². The maximum absolute atomic E-state index is 3.80. The summed E-state index contributed by atoms with van der Waals surface area (Å²) in [7, 11) is 0. The van der Waals surface area contributed by atoms with Crippen molar-refractivity contribution in [3.8, 4) is 0 Å². The minimum atomic E-state index is 0.830. The lowest BCUT2D eigenvalue weighted by Crippen LogP contribution is -2.37. The molecule has 0 spiro atoms. The first-order valence-electron chi connectivity index (χ1n) is 7.09. The molecule has 0 N–H and O–H groups in total. The summed E-state index contributed by atoms with van der Waals surface area (Å²) in [5, 5.41) is 0. The predicted octanol–water partition coefficient (Wildman–Crippen LogP) is 4.24. The molecular weight excluding hydrogens is 194 g/mol. The van der Waals surface area contributed by atoms with Gasteiger partial charge in [-0.15, -0.1) is 6.58 Å². The largest absolute Gasteiger partial charge is 0.301 e. The van der Waals surface area contributed by atoms with E-state index in [-0.39, 0.29) is 0 Å². The van der Waals surface area contributed by atoms with Crippen LogP contribution in [0, 0.1) is 5.92 Å². The van der Waals surface area contributed by atoms with Crippen molar-refractivity contribution in [2.45, 2.75) is 64.8 Å². The molecule has 1 fully saturated rings. The second-order valence-corrected chi connectivity index (χ2v) is 5.51. The summed E-state index contributed by atoms with van der Waals surface area (Å²) in [5.74, 6) is 0.830. The predicted molar refractivity (Wildman–Crippen MR) is 72.7 cm³/mol. The van der Waals surface area contributed by atoms with Crippen molar-refractivity contribution in [2.24, 2.45) is 5.92 Å². The molecule has 1 nitrogen and oxygen atoms in total. The molecule has 1 saturated heterocycles. The minimum absolute atomic E-state index is 0.830. The third-order valence-electron chi connectivity index (χ3n) is 3.90. The molecule has 1 heteroatoms. The molecule has 0 aromatic rings. The molecule has 1 heterocycles. The van der Waals surface area contributed by atoms with Gasteiger partial charge in [-0.25, -0.2) is 0 Å². The van der Waals surface area contributed by atoms with Crippen molar-refractivity contribution in [1.82, 2.24) is 4.90 Å². The van der Waals surface area contributed by atoms with Gasteiger partial charge >= 0.3 is 0 Å². The molecule has 2 atom stereocenters. The van der Waals surface area contributed by atoms with Gasteiger partial charge in [0.15, 0.2) is 0 Å². The van der Waals surface area contributed by atoms with Crippen molar-refractivity contribution in [2.75, 3.05) is 13.1 Å². The van der Waals surface area contributed by atoms with Gasteiger partial charge in [0.25, 0.3) is 0 Å². The van der Waals surface area contributed by atoms with Crippen LogP contribution in [0.3, 0.4) is 0 Å². The highest BCUT2D eigenvalue weighted by Gasteiger charge is 2.16. The molecule has 0 amide bonds. The van der Waals surface area contributed by atoms with Gasteiger partial charge in [-0.1, -0.05) is 32.3 Å². The zero-order chi connectivity index (χ0) is 11.8. The fraction of sp³-hybridized carbons (Fsp3) is 0.867. The number of nitrogens with zero attached hydrogens (tertiary/aromatic N) is 1. The first-order valence-corrected chi connectivity index (χ1v) is 7.09. The second-order valence-electron chi connectivity index (χ2n) is 5.51. The molecule has 1 aliphatic rings. The van der Waals surface area contributed by atoms with Gasteiger partial charge in [0.1, 0.15) is 0 Å². The SMILES string of the molecule is C=CCC(C)CCCCN1CCCCC1C. The van der Waals surface area contributed by atoms with Crippen LogP contribution in [0.5, 0.6) is 0 Å². The van der Waals surface area contributed by atoms with Crippen molar-refractivity contribution in [1.29, 1.82) is 0 Å². The Morgan fingerprint density at radius 1 is 1.38 bits per heavy atom. The molecule has 0 aromatic heterocycles. The van der Waals surface area contributed by atoms with Gasteiger partial charge < -0.3 is 4.90 Å². The maximum Gasteiger partial charge on any atom is 0.00669 e. The van der Waals surface area contributed by atoms with Crippen LogP contribution in [0.15, 0.2) is 12.7 Å². The molecule has 16 heavy (non-hydrogen) atoms. The number of piperidine rings is 1. The Bertz CT molecular complexity index is 188. The second kappa shape index (κ2) is 7.89. The summed E-state index contributed by atoms with van der Waals surface area (Å²) in [6, 6.07) is 0.833. The van der Waals surface area contributed by atoms with E-state index in [0.717, 1.165) is 12.0 Å². The van der Waals surface area contributed by atoms with Gasteiger partial charge in [-0.05, 0) is 51.6 Å². The van der Waals surface area contributed by atoms with E-state index < -0.39 is 0 Å².